The van der Waals surface area contributed by atoms with Crippen LogP contribution in [0.25, 0.3) is 0 Å². The van der Waals surface area contributed by atoms with Gasteiger partial charge < -0.3 is 16.4 Å². The predicted molar refractivity (Wildman–Crippen MR) is 87.9 cm³/mol. The minimum atomic E-state index is -0.645. The highest BCUT2D eigenvalue weighted by molar-refractivity contribution is 5.99. The van der Waals surface area contributed by atoms with Crippen LogP contribution in [0, 0.1) is 12.3 Å². The summed E-state index contributed by atoms with van der Waals surface area (Å²) in [6.07, 6.45) is 0. The average molecular weight is 314 g/mol. The lowest BCUT2D eigenvalue weighted by Gasteiger charge is -2.22. The van der Waals surface area contributed by atoms with Gasteiger partial charge in [0.15, 0.2) is 0 Å². The lowest BCUT2D eigenvalue weighted by atomic mass is 9.92. The van der Waals surface area contributed by atoms with Crippen molar-refractivity contribution in [3.63, 3.8) is 0 Å². The molecule has 0 aromatic heterocycles. The van der Waals surface area contributed by atoms with Gasteiger partial charge in [0.05, 0.1) is 5.41 Å². The summed E-state index contributed by atoms with van der Waals surface area (Å²) in [6, 6.07) is 5.24. The SMILES string of the molecule is CCNC(=O)c1ccc(C)c(NC(=O)C(C)(C)CN)c1.Cl. The number of aryl methyl sites for hydroxylation is 1. The van der Waals surface area contributed by atoms with Gasteiger partial charge in [-0.25, -0.2) is 0 Å². The summed E-state index contributed by atoms with van der Waals surface area (Å²) in [4.78, 5) is 23.9. The highest BCUT2D eigenvalue weighted by Gasteiger charge is 2.26. The van der Waals surface area contributed by atoms with E-state index in [2.05, 4.69) is 10.6 Å². The van der Waals surface area contributed by atoms with Crippen molar-refractivity contribution in [3.8, 4) is 0 Å². The zero-order chi connectivity index (χ0) is 15.3. The first kappa shape index (κ1) is 19.4. The third-order valence-electron chi connectivity index (χ3n) is 3.21. The summed E-state index contributed by atoms with van der Waals surface area (Å²) in [5.74, 6) is -0.308. The standard InChI is InChI=1S/C15H23N3O2.ClH/c1-5-17-13(19)11-7-6-10(2)12(8-11)18-14(20)15(3,4)9-16;/h6-8H,5,9,16H2,1-4H3,(H,17,19)(H,18,20);1H. The number of halogens is 1. The van der Waals surface area contributed by atoms with Crippen LogP contribution >= 0.6 is 12.4 Å². The van der Waals surface area contributed by atoms with Crippen molar-refractivity contribution in [2.75, 3.05) is 18.4 Å². The van der Waals surface area contributed by atoms with Crippen LogP contribution in [0.3, 0.4) is 0 Å². The smallest absolute Gasteiger partial charge is 0.251 e. The Morgan fingerprint density at radius 3 is 2.43 bits per heavy atom. The Balaban J connectivity index is 0.00000400. The number of rotatable bonds is 5. The molecule has 0 fully saturated rings. The van der Waals surface area contributed by atoms with Gasteiger partial charge in [-0.05, 0) is 45.4 Å². The molecule has 1 aromatic carbocycles. The number of hydrogen-bond donors (Lipinski definition) is 3. The Hall–Kier alpha value is -1.59. The van der Waals surface area contributed by atoms with E-state index in [0.717, 1.165) is 5.56 Å². The molecular formula is C15H24ClN3O2. The number of anilines is 1. The van der Waals surface area contributed by atoms with Crippen molar-refractivity contribution in [1.29, 1.82) is 0 Å². The van der Waals surface area contributed by atoms with Crippen molar-refractivity contribution in [1.82, 2.24) is 5.32 Å². The lowest BCUT2D eigenvalue weighted by molar-refractivity contribution is -0.123. The van der Waals surface area contributed by atoms with Crippen molar-refractivity contribution in [2.45, 2.75) is 27.7 Å². The molecule has 0 radical (unpaired) electrons. The fourth-order valence-corrected chi connectivity index (χ4v) is 1.54. The van der Waals surface area contributed by atoms with Gasteiger partial charge >= 0.3 is 0 Å². The average Bonchev–Trinajstić information content (AvgIpc) is 2.41. The van der Waals surface area contributed by atoms with Crippen LogP contribution in [-0.4, -0.2) is 24.9 Å². The van der Waals surface area contributed by atoms with Crippen molar-refractivity contribution in [2.24, 2.45) is 11.1 Å². The number of hydrogen-bond acceptors (Lipinski definition) is 3. The van der Waals surface area contributed by atoms with Crippen LogP contribution in [0.5, 0.6) is 0 Å². The molecule has 0 bridgehead atoms. The number of amides is 2. The van der Waals surface area contributed by atoms with E-state index in [1.165, 1.54) is 0 Å². The normalized spacial score (nSPS) is 10.5. The Bertz CT molecular complexity index is 516. The molecule has 0 aliphatic carbocycles. The van der Waals surface area contributed by atoms with Crippen LogP contribution < -0.4 is 16.4 Å². The first-order valence-electron chi connectivity index (χ1n) is 6.72. The number of carbonyl (C=O) groups excluding carboxylic acids is 2. The lowest BCUT2D eigenvalue weighted by Crippen LogP contribution is -2.37. The zero-order valence-corrected chi connectivity index (χ0v) is 13.8. The molecule has 0 saturated carbocycles. The molecule has 0 spiro atoms. The molecule has 118 valence electrons. The van der Waals surface area contributed by atoms with Gasteiger partial charge in [-0.15, -0.1) is 12.4 Å². The maximum atomic E-state index is 12.1. The summed E-state index contributed by atoms with van der Waals surface area (Å²) in [6.45, 7) is 8.13. The zero-order valence-electron chi connectivity index (χ0n) is 12.9. The van der Waals surface area contributed by atoms with E-state index in [-0.39, 0.29) is 30.8 Å². The van der Waals surface area contributed by atoms with E-state index >= 15 is 0 Å². The quantitative estimate of drug-likeness (QED) is 0.778. The summed E-state index contributed by atoms with van der Waals surface area (Å²) in [7, 11) is 0. The number of benzene rings is 1. The predicted octanol–water partition coefficient (Wildman–Crippen LogP) is 2.09. The first-order chi connectivity index (χ1) is 9.31. The molecule has 5 nitrogen and oxygen atoms in total. The molecule has 0 aliphatic heterocycles. The van der Waals surface area contributed by atoms with E-state index in [4.69, 9.17) is 5.73 Å². The summed E-state index contributed by atoms with van der Waals surface area (Å²) in [5, 5.41) is 5.57. The highest BCUT2D eigenvalue weighted by atomic mass is 35.5. The van der Waals surface area contributed by atoms with Crippen molar-refractivity contribution in [3.05, 3.63) is 29.3 Å². The van der Waals surface area contributed by atoms with Gasteiger partial charge in [0.25, 0.3) is 5.91 Å². The second-order valence-electron chi connectivity index (χ2n) is 5.43. The molecular weight excluding hydrogens is 290 g/mol. The molecule has 1 aromatic rings. The largest absolute Gasteiger partial charge is 0.352 e. The Morgan fingerprint density at radius 1 is 1.29 bits per heavy atom. The molecule has 2 amide bonds. The van der Waals surface area contributed by atoms with E-state index < -0.39 is 5.41 Å². The van der Waals surface area contributed by atoms with Gasteiger partial charge in [0.1, 0.15) is 0 Å². The van der Waals surface area contributed by atoms with Crippen LogP contribution in [0.2, 0.25) is 0 Å². The van der Waals surface area contributed by atoms with Gasteiger partial charge in [-0.2, -0.15) is 0 Å². The minimum absolute atomic E-state index is 0. The second-order valence-corrected chi connectivity index (χ2v) is 5.43. The fourth-order valence-electron chi connectivity index (χ4n) is 1.54. The minimum Gasteiger partial charge on any atom is -0.352 e. The van der Waals surface area contributed by atoms with Gasteiger partial charge in [0.2, 0.25) is 5.91 Å². The van der Waals surface area contributed by atoms with E-state index in [0.29, 0.717) is 17.8 Å². The molecule has 0 saturated heterocycles. The monoisotopic (exact) mass is 313 g/mol. The molecule has 21 heavy (non-hydrogen) atoms. The third kappa shape index (κ3) is 5.02. The van der Waals surface area contributed by atoms with Gasteiger partial charge in [-0.3, -0.25) is 9.59 Å². The van der Waals surface area contributed by atoms with Crippen LogP contribution in [0.4, 0.5) is 5.69 Å². The van der Waals surface area contributed by atoms with Gasteiger partial charge in [0, 0.05) is 24.3 Å². The Kier molecular flexibility index (Phi) is 7.39. The van der Waals surface area contributed by atoms with E-state index in [1.807, 2.05) is 19.9 Å². The maximum Gasteiger partial charge on any atom is 0.251 e. The number of nitrogens with two attached hydrogens (primary N) is 1. The summed E-state index contributed by atoms with van der Waals surface area (Å²) < 4.78 is 0. The molecule has 0 atom stereocenters. The van der Waals surface area contributed by atoms with E-state index in [1.54, 1.807) is 26.0 Å². The van der Waals surface area contributed by atoms with Crippen molar-refractivity contribution < 1.29 is 9.59 Å². The molecule has 4 N–H and O–H groups in total. The topological polar surface area (TPSA) is 84.2 Å². The Labute approximate surface area is 132 Å². The van der Waals surface area contributed by atoms with Crippen LogP contribution in [-0.2, 0) is 4.79 Å². The second kappa shape index (κ2) is 8.00. The van der Waals surface area contributed by atoms with Crippen LogP contribution in [0.1, 0.15) is 36.7 Å². The fraction of sp³-hybridized carbons (Fsp3) is 0.467. The first-order valence-corrected chi connectivity index (χ1v) is 6.72. The maximum absolute atomic E-state index is 12.1. The highest BCUT2D eigenvalue weighted by Crippen LogP contribution is 2.21. The third-order valence-corrected chi connectivity index (χ3v) is 3.21. The molecule has 0 heterocycles. The molecule has 0 aliphatic rings. The Morgan fingerprint density at radius 2 is 1.90 bits per heavy atom. The van der Waals surface area contributed by atoms with Crippen LogP contribution in [0.15, 0.2) is 18.2 Å². The van der Waals surface area contributed by atoms with Gasteiger partial charge in [-0.1, -0.05) is 6.07 Å². The molecule has 0 unspecified atom stereocenters. The molecule has 6 heteroatoms. The number of carbonyl (C=O) groups is 2. The number of nitrogens with one attached hydrogen (secondary N) is 2. The van der Waals surface area contributed by atoms with Crippen molar-refractivity contribution >= 4 is 29.9 Å². The summed E-state index contributed by atoms with van der Waals surface area (Å²) >= 11 is 0. The molecule has 1 rings (SSSR count). The summed E-state index contributed by atoms with van der Waals surface area (Å²) in [5.41, 5.74) is 7.01. The van der Waals surface area contributed by atoms with E-state index in [9.17, 15) is 9.59 Å².